The summed E-state index contributed by atoms with van der Waals surface area (Å²) in [5, 5.41) is 18.6. The lowest BCUT2D eigenvalue weighted by Gasteiger charge is -2.26. The summed E-state index contributed by atoms with van der Waals surface area (Å²) in [4.78, 5) is 24.0. The number of rotatable bonds is 5. The van der Waals surface area contributed by atoms with Crippen molar-refractivity contribution in [2.45, 2.75) is 27.3 Å². The second kappa shape index (κ2) is 6.36. The molecular weight excluding hydrogens is 262 g/mol. The lowest BCUT2D eigenvalue weighted by atomic mass is 9.96. The smallest absolute Gasteiger partial charge is 0.358 e. The Balaban J connectivity index is 2.36. The Labute approximate surface area is 117 Å². The van der Waals surface area contributed by atoms with Gasteiger partial charge in [0, 0.05) is 20.1 Å². The van der Waals surface area contributed by atoms with Gasteiger partial charge in [-0.1, -0.05) is 26.0 Å². The highest BCUT2D eigenvalue weighted by atomic mass is 16.4. The normalized spacial score (nSPS) is 11.2. The molecule has 2 N–H and O–H groups in total. The van der Waals surface area contributed by atoms with Crippen LogP contribution in [0.5, 0.6) is 0 Å². The Hall–Kier alpha value is -2.12. The Bertz CT molecular complexity index is 478. The first kappa shape index (κ1) is 15.9. The molecule has 0 bridgehead atoms. The molecular formula is C12H21N5O3. The highest BCUT2D eigenvalue weighted by Crippen LogP contribution is 2.13. The van der Waals surface area contributed by atoms with Gasteiger partial charge in [-0.15, -0.1) is 5.10 Å². The Kier molecular flexibility index (Phi) is 5.06. The third-order valence-electron chi connectivity index (χ3n) is 2.43. The molecule has 0 aliphatic heterocycles. The van der Waals surface area contributed by atoms with Crippen LogP contribution < -0.4 is 5.32 Å². The average Bonchev–Trinajstić information content (AvgIpc) is 2.75. The van der Waals surface area contributed by atoms with E-state index in [2.05, 4.69) is 36.4 Å². The van der Waals surface area contributed by atoms with E-state index < -0.39 is 5.97 Å². The van der Waals surface area contributed by atoms with Gasteiger partial charge < -0.3 is 15.3 Å². The number of hydrogen-bond donors (Lipinski definition) is 2. The van der Waals surface area contributed by atoms with E-state index in [0.717, 1.165) is 0 Å². The molecule has 8 heteroatoms. The van der Waals surface area contributed by atoms with Crippen molar-refractivity contribution in [3.05, 3.63) is 11.9 Å². The third kappa shape index (κ3) is 5.25. The molecule has 20 heavy (non-hydrogen) atoms. The number of carbonyl (C=O) groups excluding carboxylic acids is 1. The van der Waals surface area contributed by atoms with Gasteiger partial charge in [-0.3, -0.25) is 0 Å². The van der Waals surface area contributed by atoms with Gasteiger partial charge in [0.1, 0.15) is 0 Å². The first-order valence-electron chi connectivity index (χ1n) is 6.31. The highest BCUT2D eigenvalue weighted by Gasteiger charge is 2.17. The van der Waals surface area contributed by atoms with Gasteiger partial charge in [0.05, 0.1) is 12.7 Å². The number of aromatic nitrogens is 3. The molecule has 0 aromatic carbocycles. The molecule has 0 unspecified atom stereocenters. The monoisotopic (exact) mass is 283 g/mol. The molecule has 112 valence electrons. The molecule has 1 heterocycles. The van der Waals surface area contributed by atoms with E-state index in [0.29, 0.717) is 19.6 Å². The standard InChI is InChI=1S/C12H21N5O3/c1-12(2,3)8-16(4)11(20)13-5-6-17-7-9(10(18)19)14-15-17/h7H,5-6,8H2,1-4H3,(H,13,20)(H,18,19). The second-order valence-electron chi connectivity index (χ2n) is 5.82. The van der Waals surface area contributed by atoms with Crippen LogP contribution in [-0.2, 0) is 6.54 Å². The highest BCUT2D eigenvalue weighted by molar-refractivity contribution is 5.84. The minimum atomic E-state index is -1.12. The quantitative estimate of drug-likeness (QED) is 0.827. The van der Waals surface area contributed by atoms with E-state index in [1.807, 2.05) is 0 Å². The molecule has 8 nitrogen and oxygen atoms in total. The van der Waals surface area contributed by atoms with Crippen molar-refractivity contribution in [3.63, 3.8) is 0 Å². The van der Waals surface area contributed by atoms with E-state index in [9.17, 15) is 9.59 Å². The topological polar surface area (TPSA) is 100 Å². The molecule has 0 saturated heterocycles. The zero-order valence-corrected chi connectivity index (χ0v) is 12.3. The fraction of sp³-hybridized carbons (Fsp3) is 0.667. The summed E-state index contributed by atoms with van der Waals surface area (Å²) in [6, 6.07) is -0.168. The lowest BCUT2D eigenvalue weighted by molar-refractivity contribution is 0.0690. The number of carboxylic acids is 1. The Morgan fingerprint density at radius 3 is 2.60 bits per heavy atom. The molecule has 0 saturated carbocycles. The number of amides is 2. The summed E-state index contributed by atoms with van der Waals surface area (Å²) in [5.74, 6) is -1.12. The molecule has 0 radical (unpaired) electrons. The second-order valence-corrected chi connectivity index (χ2v) is 5.82. The predicted molar refractivity (Wildman–Crippen MR) is 72.5 cm³/mol. The summed E-state index contributed by atoms with van der Waals surface area (Å²) in [5.41, 5.74) is -0.0739. The van der Waals surface area contributed by atoms with Crippen LogP contribution in [0.1, 0.15) is 31.3 Å². The maximum atomic E-state index is 11.8. The molecule has 2 amide bonds. The van der Waals surface area contributed by atoms with Crippen LogP contribution in [0.4, 0.5) is 4.79 Å². The number of carbonyl (C=O) groups is 2. The van der Waals surface area contributed by atoms with Gasteiger partial charge in [0.25, 0.3) is 0 Å². The SMILES string of the molecule is CN(CC(C)(C)C)C(=O)NCCn1cc(C(=O)O)nn1. The number of nitrogens with zero attached hydrogens (tertiary/aromatic N) is 4. The van der Waals surface area contributed by atoms with E-state index in [1.54, 1.807) is 11.9 Å². The van der Waals surface area contributed by atoms with Crippen LogP contribution in [0.3, 0.4) is 0 Å². The van der Waals surface area contributed by atoms with Gasteiger partial charge in [0.2, 0.25) is 0 Å². The third-order valence-corrected chi connectivity index (χ3v) is 2.43. The minimum Gasteiger partial charge on any atom is -0.476 e. The summed E-state index contributed by atoms with van der Waals surface area (Å²) in [6.07, 6.45) is 1.33. The summed E-state index contributed by atoms with van der Waals surface area (Å²) < 4.78 is 1.38. The predicted octanol–water partition coefficient (Wildman–Crippen LogP) is 0.664. The van der Waals surface area contributed by atoms with E-state index in [-0.39, 0.29) is 17.1 Å². The van der Waals surface area contributed by atoms with Gasteiger partial charge in [0.15, 0.2) is 5.69 Å². The van der Waals surface area contributed by atoms with E-state index >= 15 is 0 Å². The molecule has 0 atom stereocenters. The van der Waals surface area contributed by atoms with Gasteiger partial charge in [-0.25, -0.2) is 14.3 Å². The van der Waals surface area contributed by atoms with Crippen LogP contribution in [0, 0.1) is 5.41 Å². The number of aromatic carboxylic acids is 1. The first-order chi connectivity index (χ1) is 9.19. The van der Waals surface area contributed by atoms with Crippen LogP contribution in [-0.4, -0.2) is 57.1 Å². The number of nitrogens with one attached hydrogen (secondary N) is 1. The average molecular weight is 283 g/mol. The zero-order chi connectivity index (χ0) is 15.3. The van der Waals surface area contributed by atoms with Crippen LogP contribution in [0.15, 0.2) is 6.20 Å². The molecule has 0 spiro atoms. The summed E-state index contributed by atoms with van der Waals surface area (Å²) >= 11 is 0. The van der Waals surface area contributed by atoms with Gasteiger partial charge in [-0.05, 0) is 5.41 Å². The number of urea groups is 1. The maximum Gasteiger partial charge on any atom is 0.358 e. The Morgan fingerprint density at radius 1 is 1.45 bits per heavy atom. The lowest BCUT2D eigenvalue weighted by Crippen LogP contribution is -2.42. The van der Waals surface area contributed by atoms with Gasteiger partial charge >= 0.3 is 12.0 Å². The molecule has 0 aliphatic carbocycles. The molecule has 1 rings (SSSR count). The summed E-state index contributed by atoms with van der Waals surface area (Å²) in [7, 11) is 1.73. The zero-order valence-electron chi connectivity index (χ0n) is 12.3. The summed E-state index contributed by atoms with van der Waals surface area (Å²) in [6.45, 7) is 7.54. The van der Waals surface area contributed by atoms with Crippen molar-refractivity contribution in [2.75, 3.05) is 20.1 Å². The molecule has 0 fully saturated rings. The van der Waals surface area contributed by atoms with Crippen LogP contribution in [0.2, 0.25) is 0 Å². The first-order valence-corrected chi connectivity index (χ1v) is 6.31. The largest absolute Gasteiger partial charge is 0.476 e. The Morgan fingerprint density at radius 2 is 2.10 bits per heavy atom. The van der Waals surface area contributed by atoms with Crippen molar-refractivity contribution < 1.29 is 14.7 Å². The van der Waals surface area contributed by atoms with E-state index in [1.165, 1.54) is 10.9 Å². The molecule has 0 aliphatic rings. The minimum absolute atomic E-state index is 0.0361. The van der Waals surface area contributed by atoms with Crippen molar-refractivity contribution in [1.82, 2.24) is 25.2 Å². The van der Waals surface area contributed by atoms with Crippen LogP contribution in [0.25, 0.3) is 0 Å². The number of carboxylic acid groups (broad SMARTS) is 1. The van der Waals surface area contributed by atoms with Gasteiger partial charge in [-0.2, -0.15) is 0 Å². The molecule has 1 aromatic heterocycles. The number of hydrogen-bond acceptors (Lipinski definition) is 4. The van der Waals surface area contributed by atoms with Crippen molar-refractivity contribution in [1.29, 1.82) is 0 Å². The van der Waals surface area contributed by atoms with Crippen LogP contribution >= 0.6 is 0 Å². The maximum absolute atomic E-state index is 11.8. The molecule has 1 aromatic rings. The fourth-order valence-electron chi connectivity index (χ4n) is 1.70. The van der Waals surface area contributed by atoms with Crippen molar-refractivity contribution in [3.8, 4) is 0 Å². The van der Waals surface area contributed by atoms with Crippen molar-refractivity contribution >= 4 is 12.0 Å². The fourth-order valence-corrected chi connectivity index (χ4v) is 1.70. The van der Waals surface area contributed by atoms with E-state index in [4.69, 9.17) is 5.11 Å². The van der Waals surface area contributed by atoms with Crippen molar-refractivity contribution in [2.24, 2.45) is 5.41 Å².